The van der Waals surface area contributed by atoms with E-state index in [1.165, 1.54) is 11.3 Å². The van der Waals surface area contributed by atoms with E-state index in [4.69, 9.17) is 4.74 Å². The summed E-state index contributed by atoms with van der Waals surface area (Å²) in [6.45, 7) is 2.00. The second-order valence-corrected chi connectivity index (χ2v) is 7.00. The lowest BCUT2D eigenvalue weighted by atomic mass is 10.2. The molecule has 7 heteroatoms. The van der Waals surface area contributed by atoms with Gasteiger partial charge in [-0.1, -0.05) is 6.07 Å². The van der Waals surface area contributed by atoms with Crippen LogP contribution in [0.3, 0.4) is 0 Å². The highest BCUT2D eigenvalue weighted by Crippen LogP contribution is 2.26. The quantitative estimate of drug-likeness (QED) is 0.571. The molecule has 136 valence electrons. The van der Waals surface area contributed by atoms with Gasteiger partial charge in [0.05, 0.1) is 24.9 Å². The van der Waals surface area contributed by atoms with Crippen molar-refractivity contribution in [3.63, 3.8) is 0 Å². The maximum atomic E-state index is 12.4. The van der Waals surface area contributed by atoms with Crippen LogP contribution in [0.2, 0.25) is 0 Å². The van der Waals surface area contributed by atoms with E-state index in [0.717, 1.165) is 33.9 Å². The Hall–Kier alpha value is -3.19. The number of nitrogens with one attached hydrogen (secondary N) is 1. The van der Waals surface area contributed by atoms with Crippen molar-refractivity contribution >= 4 is 28.0 Å². The van der Waals surface area contributed by atoms with Gasteiger partial charge in [0.15, 0.2) is 5.13 Å². The lowest BCUT2D eigenvalue weighted by Gasteiger charge is -2.01. The number of aryl methyl sites for hydroxylation is 1. The highest BCUT2D eigenvalue weighted by atomic mass is 32.1. The van der Waals surface area contributed by atoms with Gasteiger partial charge in [0, 0.05) is 23.3 Å². The van der Waals surface area contributed by atoms with Gasteiger partial charge in [-0.2, -0.15) is 0 Å². The number of carbonyl (C=O) groups is 1. The van der Waals surface area contributed by atoms with Gasteiger partial charge >= 0.3 is 0 Å². The number of amides is 1. The van der Waals surface area contributed by atoms with Crippen LogP contribution in [-0.4, -0.2) is 27.4 Å². The van der Waals surface area contributed by atoms with Gasteiger partial charge in [0.2, 0.25) is 5.91 Å². The molecular formula is C20H18N4O2S. The number of pyridine rings is 1. The normalized spacial score (nSPS) is 10.9. The molecule has 0 fully saturated rings. The summed E-state index contributed by atoms with van der Waals surface area (Å²) in [6, 6.07) is 11.6. The number of methoxy groups -OCH3 is 1. The highest BCUT2D eigenvalue weighted by Gasteiger charge is 2.12. The number of aromatic nitrogens is 3. The predicted molar refractivity (Wildman–Crippen MR) is 106 cm³/mol. The third-order valence-corrected chi connectivity index (χ3v) is 4.96. The molecule has 0 aliphatic carbocycles. The largest absolute Gasteiger partial charge is 0.497 e. The standard InChI is InChI=1S/C20H18N4O2S/c1-13-4-3-9-24-11-15(21-19(13)24)10-18(25)23-20-22-17(12-27-20)14-5-7-16(26-2)8-6-14/h3-9,11-12H,10H2,1-2H3,(H,22,23,25). The number of rotatable bonds is 5. The highest BCUT2D eigenvalue weighted by molar-refractivity contribution is 7.14. The first-order valence-electron chi connectivity index (χ1n) is 8.45. The molecule has 0 spiro atoms. The summed E-state index contributed by atoms with van der Waals surface area (Å²) in [7, 11) is 1.63. The van der Waals surface area contributed by atoms with Crippen LogP contribution in [0, 0.1) is 6.92 Å². The third-order valence-electron chi connectivity index (χ3n) is 4.21. The number of fused-ring (bicyclic) bond motifs is 1. The summed E-state index contributed by atoms with van der Waals surface area (Å²) in [5.74, 6) is 0.664. The van der Waals surface area contributed by atoms with Crippen LogP contribution < -0.4 is 10.1 Å². The maximum absolute atomic E-state index is 12.4. The average Bonchev–Trinajstić information content (AvgIpc) is 3.29. The lowest BCUT2D eigenvalue weighted by molar-refractivity contribution is -0.115. The fourth-order valence-electron chi connectivity index (χ4n) is 2.84. The molecule has 0 saturated carbocycles. The van der Waals surface area contributed by atoms with Crippen LogP contribution in [0.15, 0.2) is 54.2 Å². The van der Waals surface area contributed by atoms with Crippen LogP contribution in [0.25, 0.3) is 16.9 Å². The number of imidazole rings is 1. The summed E-state index contributed by atoms with van der Waals surface area (Å²) >= 11 is 1.40. The predicted octanol–water partition coefficient (Wildman–Crippen LogP) is 3.96. The van der Waals surface area contributed by atoms with Crippen molar-refractivity contribution in [1.82, 2.24) is 14.4 Å². The number of nitrogens with zero attached hydrogens (tertiary/aromatic N) is 3. The molecule has 1 amide bonds. The van der Waals surface area contributed by atoms with Gasteiger partial charge in [0.1, 0.15) is 11.4 Å². The summed E-state index contributed by atoms with van der Waals surface area (Å²) in [6.07, 6.45) is 4.02. The summed E-state index contributed by atoms with van der Waals surface area (Å²) in [5.41, 5.74) is 4.47. The number of carbonyl (C=O) groups excluding carboxylic acids is 1. The Labute approximate surface area is 160 Å². The van der Waals surface area contributed by atoms with Gasteiger partial charge in [-0.3, -0.25) is 4.79 Å². The molecule has 27 heavy (non-hydrogen) atoms. The molecular weight excluding hydrogens is 360 g/mol. The summed E-state index contributed by atoms with van der Waals surface area (Å²) < 4.78 is 7.10. The molecule has 0 aliphatic rings. The van der Waals surface area contributed by atoms with E-state index < -0.39 is 0 Å². The van der Waals surface area contributed by atoms with Gasteiger partial charge in [-0.05, 0) is 42.8 Å². The summed E-state index contributed by atoms with van der Waals surface area (Å²) in [5, 5.41) is 5.35. The molecule has 0 atom stereocenters. The van der Waals surface area contributed by atoms with Crippen molar-refractivity contribution < 1.29 is 9.53 Å². The number of hydrogen-bond donors (Lipinski definition) is 1. The average molecular weight is 378 g/mol. The third kappa shape index (κ3) is 3.68. The van der Waals surface area contributed by atoms with Crippen molar-refractivity contribution in [2.45, 2.75) is 13.3 Å². The van der Waals surface area contributed by atoms with Crippen LogP contribution in [0.5, 0.6) is 5.75 Å². The molecule has 3 heterocycles. The zero-order chi connectivity index (χ0) is 18.8. The van der Waals surface area contributed by atoms with Crippen LogP contribution >= 0.6 is 11.3 Å². The van der Waals surface area contributed by atoms with E-state index in [1.54, 1.807) is 7.11 Å². The van der Waals surface area contributed by atoms with E-state index in [-0.39, 0.29) is 12.3 Å². The van der Waals surface area contributed by atoms with E-state index in [1.807, 2.05) is 65.5 Å². The molecule has 0 bridgehead atoms. The fourth-order valence-corrected chi connectivity index (χ4v) is 3.58. The van der Waals surface area contributed by atoms with Crippen molar-refractivity contribution in [2.75, 3.05) is 12.4 Å². The Balaban J connectivity index is 1.44. The second kappa shape index (κ2) is 7.20. The molecule has 3 aromatic heterocycles. The molecule has 1 aromatic carbocycles. The zero-order valence-electron chi connectivity index (χ0n) is 15.0. The Morgan fingerprint density at radius 2 is 2.04 bits per heavy atom. The number of anilines is 1. The molecule has 6 nitrogen and oxygen atoms in total. The first-order valence-corrected chi connectivity index (χ1v) is 9.33. The van der Waals surface area contributed by atoms with Gasteiger partial charge in [0.25, 0.3) is 0 Å². The number of thiazole rings is 1. The Morgan fingerprint density at radius 3 is 2.78 bits per heavy atom. The Morgan fingerprint density at radius 1 is 1.22 bits per heavy atom. The fraction of sp³-hybridized carbons (Fsp3) is 0.150. The second-order valence-electron chi connectivity index (χ2n) is 6.15. The monoisotopic (exact) mass is 378 g/mol. The van der Waals surface area contributed by atoms with E-state index in [9.17, 15) is 4.79 Å². The van der Waals surface area contributed by atoms with Crippen LogP contribution in [-0.2, 0) is 11.2 Å². The molecule has 4 aromatic rings. The number of hydrogen-bond acceptors (Lipinski definition) is 5. The molecule has 0 saturated heterocycles. The first-order chi connectivity index (χ1) is 13.1. The smallest absolute Gasteiger partial charge is 0.232 e. The van der Waals surface area contributed by atoms with Crippen LogP contribution in [0.4, 0.5) is 5.13 Å². The van der Waals surface area contributed by atoms with E-state index in [0.29, 0.717) is 5.13 Å². The van der Waals surface area contributed by atoms with Crippen molar-refractivity contribution in [3.05, 3.63) is 65.4 Å². The number of ether oxygens (including phenoxy) is 1. The summed E-state index contributed by atoms with van der Waals surface area (Å²) in [4.78, 5) is 21.4. The van der Waals surface area contributed by atoms with Crippen molar-refractivity contribution in [1.29, 1.82) is 0 Å². The molecule has 1 N–H and O–H groups in total. The minimum absolute atomic E-state index is 0.133. The SMILES string of the molecule is COc1ccc(-c2csc(NC(=O)Cc3cn4cccc(C)c4n3)n2)cc1. The van der Waals surface area contributed by atoms with Gasteiger partial charge in [-0.25, -0.2) is 9.97 Å². The Bertz CT molecular complexity index is 1100. The minimum Gasteiger partial charge on any atom is -0.497 e. The van der Waals surface area contributed by atoms with E-state index in [2.05, 4.69) is 15.3 Å². The van der Waals surface area contributed by atoms with E-state index >= 15 is 0 Å². The first kappa shape index (κ1) is 17.2. The Kier molecular flexibility index (Phi) is 4.60. The lowest BCUT2D eigenvalue weighted by Crippen LogP contribution is -2.14. The van der Waals surface area contributed by atoms with Crippen molar-refractivity contribution in [3.8, 4) is 17.0 Å². The minimum atomic E-state index is -0.133. The molecule has 0 unspecified atom stereocenters. The zero-order valence-corrected chi connectivity index (χ0v) is 15.8. The van der Waals surface area contributed by atoms with Crippen molar-refractivity contribution in [2.24, 2.45) is 0 Å². The molecule has 0 radical (unpaired) electrons. The van der Waals surface area contributed by atoms with Crippen LogP contribution in [0.1, 0.15) is 11.3 Å². The van der Waals surface area contributed by atoms with Gasteiger partial charge in [-0.15, -0.1) is 11.3 Å². The molecule has 4 rings (SSSR count). The maximum Gasteiger partial charge on any atom is 0.232 e. The molecule has 0 aliphatic heterocycles. The van der Waals surface area contributed by atoms with Gasteiger partial charge < -0.3 is 14.5 Å². The topological polar surface area (TPSA) is 68.5 Å². The number of benzene rings is 1.